The Bertz CT molecular complexity index is 1080. The monoisotopic (exact) mass is 439 g/mol. The number of ether oxygens (including phenoxy) is 3. The van der Waals surface area contributed by atoms with Crippen molar-refractivity contribution in [3.8, 4) is 22.9 Å². The number of guanidine groups is 1. The van der Waals surface area contributed by atoms with Crippen molar-refractivity contribution < 1.29 is 23.4 Å². The third-order valence-corrected chi connectivity index (χ3v) is 4.37. The van der Waals surface area contributed by atoms with Crippen LogP contribution in [0.15, 0.2) is 59.9 Å². The standard InChI is InChI=1S/C22H22FN5O4/c1-30-17-7-5-14(6-8-17)9-10-31-21-26-11-16(12-27-21)18-4-2-3-15(19(18)23)13-32-22(29)28-20(24)25/h2-8,11-12H,9-10,13H2,1H3,(H4,24,25,28,29). The van der Waals surface area contributed by atoms with E-state index in [4.69, 9.17) is 25.7 Å². The molecule has 0 aliphatic heterocycles. The average molecular weight is 439 g/mol. The lowest BCUT2D eigenvalue weighted by molar-refractivity contribution is 0.149. The molecule has 2 aromatic carbocycles. The molecule has 0 bridgehead atoms. The highest BCUT2D eigenvalue weighted by atomic mass is 19.1. The van der Waals surface area contributed by atoms with Gasteiger partial charge in [-0.1, -0.05) is 30.3 Å². The second-order valence-corrected chi connectivity index (χ2v) is 6.57. The Morgan fingerprint density at radius 2 is 1.81 bits per heavy atom. The molecule has 0 aliphatic carbocycles. The van der Waals surface area contributed by atoms with Gasteiger partial charge in [-0.25, -0.2) is 19.2 Å². The first kappa shape index (κ1) is 22.5. The fourth-order valence-electron chi connectivity index (χ4n) is 2.77. The molecule has 32 heavy (non-hydrogen) atoms. The van der Waals surface area contributed by atoms with Crippen molar-refractivity contribution in [1.82, 2.24) is 9.97 Å². The Morgan fingerprint density at radius 1 is 1.09 bits per heavy atom. The van der Waals surface area contributed by atoms with Gasteiger partial charge in [-0.05, 0) is 17.7 Å². The van der Waals surface area contributed by atoms with Gasteiger partial charge in [-0.15, -0.1) is 4.99 Å². The molecule has 10 heteroatoms. The number of hydrogen-bond acceptors (Lipinski definition) is 6. The number of nitrogens with two attached hydrogens (primary N) is 2. The van der Waals surface area contributed by atoms with Crippen LogP contribution >= 0.6 is 0 Å². The van der Waals surface area contributed by atoms with Crippen LogP contribution in [0.2, 0.25) is 0 Å². The summed E-state index contributed by atoms with van der Waals surface area (Å²) < 4.78 is 30.4. The first-order valence-corrected chi connectivity index (χ1v) is 9.58. The minimum absolute atomic E-state index is 0.154. The largest absolute Gasteiger partial charge is 0.497 e. The summed E-state index contributed by atoms with van der Waals surface area (Å²) in [5.41, 5.74) is 12.1. The van der Waals surface area contributed by atoms with Crippen molar-refractivity contribution in [2.45, 2.75) is 13.0 Å². The quantitative estimate of drug-likeness (QED) is 0.404. The first-order chi connectivity index (χ1) is 15.5. The summed E-state index contributed by atoms with van der Waals surface area (Å²) in [6.07, 6.45) is 2.59. The molecule has 1 amide bonds. The topological polar surface area (TPSA) is 135 Å². The number of carbonyl (C=O) groups is 1. The van der Waals surface area contributed by atoms with Crippen molar-refractivity contribution in [3.63, 3.8) is 0 Å². The molecule has 166 valence electrons. The number of benzene rings is 2. The van der Waals surface area contributed by atoms with E-state index >= 15 is 0 Å². The lowest BCUT2D eigenvalue weighted by Crippen LogP contribution is -2.24. The Kier molecular flexibility index (Phi) is 7.52. The van der Waals surface area contributed by atoms with Crippen LogP contribution in [0.1, 0.15) is 11.1 Å². The fourth-order valence-corrected chi connectivity index (χ4v) is 2.77. The number of carbonyl (C=O) groups excluding carboxylic acids is 1. The number of nitrogens with zero attached hydrogens (tertiary/aromatic N) is 3. The number of aromatic nitrogens is 2. The zero-order valence-electron chi connectivity index (χ0n) is 17.3. The van der Waals surface area contributed by atoms with Gasteiger partial charge in [0.1, 0.15) is 18.2 Å². The number of methoxy groups -OCH3 is 1. The number of amides is 1. The van der Waals surface area contributed by atoms with E-state index in [0.717, 1.165) is 11.3 Å². The van der Waals surface area contributed by atoms with E-state index in [2.05, 4.69) is 15.0 Å². The van der Waals surface area contributed by atoms with Crippen LogP contribution in [0.3, 0.4) is 0 Å². The number of aliphatic imine (C=N–C) groups is 1. The minimum atomic E-state index is -1.01. The summed E-state index contributed by atoms with van der Waals surface area (Å²) in [4.78, 5) is 22.9. The van der Waals surface area contributed by atoms with Crippen molar-refractivity contribution in [2.24, 2.45) is 16.5 Å². The van der Waals surface area contributed by atoms with Crippen LogP contribution in [0.25, 0.3) is 11.1 Å². The molecule has 0 unspecified atom stereocenters. The number of hydrogen-bond donors (Lipinski definition) is 2. The van der Waals surface area contributed by atoms with Crippen LogP contribution in [0, 0.1) is 5.82 Å². The summed E-state index contributed by atoms with van der Waals surface area (Å²) in [5, 5.41) is 0. The van der Waals surface area contributed by atoms with Gasteiger partial charge in [0.15, 0.2) is 5.96 Å². The summed E-state index contributed by atoms with van der Waals surface area (Å²) in [6, 6.07) is 12.5. The maximum Gasteiger partial charge on any atom is 0.437 e. The summed E-state index contributed by atoms with van der Waals surface area (Å²) >= 11 is 0. The Labute approximate surface area is 183 Å². The Hall–Kier alpha value is -4.21. The summed E-state index contributed by atoms with van der Waals surface area (Å²) in [7, 11) is 1.62. The van der Waals surface area contributed by atoms with Crippen LogP contribution in [-0.2, 0) is 17.8 Å². The third-order valence-electron chi connectivity index (χ3n) is 4.37. The van der Waals surface area contributed by atoms with Gasteiger partial charge in [0, 0.05) is 35.5 Å². The van der Waals surface area contributed by atoms with Gasteiger partial charge >= 0.3 is 12.1 Å². The van der Waals surface area contributed by atoms with Gasteiger partial charge in [-0.3, -0.25) is 0 Å². The highest BCUT2D eigenvalue weighted by molar-refractivity contribution is 5.87. The number of rotatable bonds is 8. The molecule has 0 atom stereocenters. The highest BCUT2D eigenvalue weighted by Gasteiger charge is 2.13. The molecule has 3 rings (SSSR count). The lowest BCUT2D eigenvalue weighted by atomic mass is 10.1. The van der Waals surface area contributed by atoms with Crippen LogP contribution < -0.4 is 20.9 Å². The van der Waals surface area contributed by atoms with Gasteiger partial charge in [0.25, 0.3) is 0 Å². The van der Waals surface area contributed by atoms with Crippen molar-refractivity contribution >= 4 is 12.1 Å². The predicted octanol–water partition coefficient (Wildman–Crippen LogP) is 2.82. The molecular formula is C22H22FN5O4. The van der Waals surface area contributed by atoms with Crippen LogP contribution in [0.5, 0.6) is 11.8 Å². The van der Waals surface area contributed by atoms with E-state index in [0.29, 0.717) is 18.6 Å². The normalized spacial score (nSPS) is 10.3. The molecule has 9 nitrogen and oxygen atoms in total. The predicted molar refractivity (Wildman–Crippen MR) is 116 cm³/mol. The second kappa shape index (κ2) is 10.7. The second-order valence-electron chi connectivity index (χ2n) is 6.57. The van der Waals surface area contributed by atoms with Gasteiger partial charge < -0.3 is 25.7 Å². The Balaban J connectivity index is 1.60. The smallest absolute Gasteiger partial charge is 0.437 e. The van der Waals surface area contributed by atoms with Crippen molar-refractivity contribution in [2.75, 3.05) is 13.7 Å². The molecule has 0 saturated carbocycles. The first-order valence-electron chi connectivity index (χ1n) is 9.58. The molecular weight excluding hydrogens is 417 g/mol. The zero-order chi connectivity index (χ0) is 22.9. The number of halogens is 1. The van der Waals surface area contributed by atoms with Gasteiger partial charge in [-0.2, -0.15) is 0 Å². The molecule has 0 aliphatic rings. The third kappa shape index (κ3) is 6.14. The Morgan fingerprint density at radius 3 is 2.47 bits per heavy atom. The lowest BCUT2D eigenvalue weighted by Gasteiger charge is -2.09. The molecule has 3 aromatic rings. The van der Waals surface area contributed by atoms with Gasteiger partial charge in [0.05, 0.1) is 13.7 Å². The molecule has 0 saturated heterocycles. The molecule has 0 radical (unpaired) electrons. The molecule has 0 fully saturated rings. The maximum absolute atomic E-state index is 14.8. The maximum atomic E-state index is 14.8. The van der Waals surface area contributed by atoms with Crippen LogP contribution in [-0.4, -0.2) is 35.7 Å². The molecule has 4 N–H and O–H groups in total. The minimum Gasteiger partial charge on any atom is -0.497 e. The summed E-state index contributed by atoms with van der Waals surface area (Å²) in [6.45, 7) is 0.0549. The zero-order valence-corrected chi connectivity index (χ0v) is 17.3. The van der Waals surface area contributed by atoms with Crippen LogP contribution in [0.4, 0.5) is 9.18 Å². The molecule has 1 heterocycles. The van der Waals surface area contributed by atoms with E-state index in [1.54, 1.807) is 19.2 Å². The van der Waals surface area contributed by atoms with Crippen molar-refractivity contribution in [1.29, 1.82) is 0 Å². The van der Waals surface area contributed by atoms with E-state index in [1.807, 2.05) is 24.3 Å². The molecule has 0 spiro atoms. The highest BCUT2D eigenvalue weighted by Crippen LogP contribution is 2.25. The van der Waals surface area contributed by atoms with Gasteiger partial charge in [0.2, 0.25) is 0 Å². The fraction of sp³-hybridized carbons (Fsp3) is 0.182. The molecule has 1 aromatic heterocycles. The summed E-state index contributed by atoms with van der Waals surface area (Å²) in [5.74, 6) is -0.216. The SMILES string of the molecule is COc1ccc(CCOc2ncc(-c3cccc(COC(=O)N=C(N)N)c3F)cn2)cc1. The van der Waals surface area contributed by atoms with Crippen molar-refractivity contribution in [3.05, 3.63) is 71.8 Å². The van der Waals surface area contributed by atoms with E-state index in [1.165, 1.54) is 18.5 Å². The van der Waals surface area contributed by atoms with E-state index < -0.39 is 17.9 Å². The van der Waals surface area contributed by atoms with E-state index in [9.17, 15) is 9.18 Å². The van der Waals surface area contributed by atoms with E-state index in [-0.39, 0.29) is 23.7 Å². The average Bonchev–Trinajstić information content (AvgIpc) is 2.79.